The van der Waals surface area contributed by atoms with E-state index in [-0.39, 0.29) is 11.6 Å². The van der Waals surface area contributed by atoms with E-state index < -0.39 is 0 Å². The molecule has 1 N–H and O–H groups in total. The number of carbonyl (C=O) groups excluding carboxylic acids is 1. The summed E-state index contributed by atoms with van der Waals surface area (Å²) in [7, 11) is 0. The molecule has 0 amide bonds. The highest BCUT2D eigenvalue weighted by molar-refractivity contribution is 9.10. The fourth-order valence-corrected chi connectivity index (χ4v) is 1.96. The van der Waals surface area contributed by atoms with Crippen LogP contribution in [-0.4, -0.2) is 16.3 Å². The van der Waals surface area contributed by atoms with E-state index in [4.69, 9.17) is 0 Å². The van der Waals surface area contributed by atoms with Gasteiger partial charge >= 0.3 is 0 Å². The van der Waals surface area contributed by atoms with Gasteiger partial charge in [0.15, 0.2) is 12.1 Å². The van der Waals surface area contributed by atoms with Gasteiger partial charge in [0.1, 0.15) is 16.1 Å². The van der Waals surface area contributed by atoms with Crippen LogP contribution in [0, 0.1) is 12.7 Å². The number of aromatic amines is 1. The number of imidazole rings is 1. The lowest BCUT2D eigenvalue weighted by Gasteiger charge is -2.02. The summed E-state index contributed by atoms with van der Waals surface area (Å²) in [5.74, 6) is -0.117. The molecule has 0 spiro atoms. The lowest BCUT2D eigenvalue weighted by molar-refractivity contribution is 0.111. The maximum absolute atomic E-state index is 13.1. The first-order chi connectivity index (χ1) is 7.61. The summed E-state index contributed by atoms with van der Waals surface area (Å²) in [6.07, 6.45) is 0.614. The molecule has 1 aromatic carbocycles. The SMILES string of the molecule is Cc1ccc(F)cc1-c1nc(C=O)[nH]c1Br. The van der Waals surface area contributed by atoms with Crippen LogP contribution < -0.4 is 0 Å². The van der Waals surface area contributed by atoms with E-state index in [0.29, 0.717) is 22.1 Å². The fraction of sp³-hybridized carbons (Fsp3) is 0.0909. The molecule has 2 rings (SSSR count). The fourth-order valence-electron chi connectivity index (χ4n) is 1.45. The second-order valence-electron chi connectivity index (χ2n) is 3.36. The Bertz CT molecular complexity index is 551. The summed E-state index contributed by atoms with van der Waals surface area (Å²) in [5, 5.41) is 0. The van der Waals surface area contributed by atoms with E-state index in [0.717, 1.165) is 5.56 Å². The van der Waals surface area contributed by atoms with Crippen molar-refractivity contribution < 1.29 is 9.18 Å². The van der Waals surface area contributed by atoms with Crippen molar-refractivity contribution in [3.8, 4) is 11.3 Å². The van der Waals surface area contributed by atoms with Crippen LogP contribution >= 0.6 is 15.9 Å². The Morgan fingerprint density at radius 3 is 2.88 bits per heavy atom. The number of rotatable bonds is 2. The van der Waals surface area contributed by atoms with Crippen LogP contribution in [0.25, 0.3) is 11.3 Å². The average Bonchev–Trinajstić information content (AvgIpc) is 2.63. The summed E-state index contributed by atoms with van der Waals surface area (Å²) in [6, 6.07) is 4.46. The van der Waals surface area contributed by atoms with Crippen molar-refractivity contribution in [1.29, 1.82) is 0 Å². The molecule has 0 aliphatic rings. The third-order valence-electron chi connectivity index (χ3n) is 2.24. The molecule has 1 aromatic heterocycles. The molecular weight excluding hydrogens is 275 g/mol. The third kappa shape index (κ3) is 1.90. The number of benzene rings is 1. The van der Waals surface area contributed by atoms with Gasteiger partial charge in [-0.05, 0) is 40.5 Å². The van der Waals surface area contributed by atoms with Gasteiger partial charge in [0, 0.05) is 5.56 Å². The minimum atomic E-state index is -0.330. The molecule has 0 unspecified atom stereocenters. The Morgan fingerprint density at radius 2 is 2.25 bits per heavy atom. The molecule has 0 bridgehead atoms. The van der Waals surface area contributed by atoms with Crippen LogP contribution in [0.5, 0.6) is 0 Å². The molecule has 16 heavy (non-hydrogen) atoms. The van der Waals surface area contributed by atoms with Gasteiger partial charge in [0.05, 0.1) is 0 Å². The Labute approximate surface area is 99.8 Å². The summed E-state index contributed by atoms with van der Waals surface area (Å²) in [6.45, 7) is 1.86. The monoisotopic (exact) mass is 282 g/mol. The molecule has 0 atom stereocenters. The number of aryl methyl sites for hydroxylation is 1. The molecule has 3 nitrogen and oxygen atoms in total. The number of hydrogen-bond acceptors (Lipinski definition) is 2. The smallest absolute Gasteiger partial charge is 0.185 e. The second kappa shape index (κ2) is 4.17. The lowest BCUT2D eigenvalue weighted by atomic mass is 10.1. The topological polar surface area (TPSA) is 45.8 Å². The van der Waals surface area contributed by atoms with Crippen molar-refractivity contribution in [1.82, 2.24) is 9.97 Å². The predicted molar refractivity (Wildman–Crippen MR) is 61.8 cm³/mol. The zero-order chi connectivity index (χ0) is 11.7. The first-order valence-electron chi connectivity index (χ1n) is 4.59. The minimum Gasteiger partial charge on any atom is -0.330 e. The lowest BCUT2D eigenvalue weighted by Crippen LogP contribution is -1.87. The van der Waals surface area contributed by atoms with Crippen molar-refractivity contribution in [2.45, 2.75) is 6.92 Å². The molecule has 2 aromatic rings. The molecule has 5 heteroatoms. The van der Waals surface area contributed by atoms with Crippen LogP contribution in [0.2, 0.25) is 0 Å². The maximum atomic E-state index is 13.1. The van der Waals surface area contributed by atoms with Crippen molar-refractivity contribution in [2.24, 2.45) is 0 Å². The Hall–Kier alpha value is -1.49. The molecule has 82 valence electrons. The molecule has 0 aliphatic heterocycles. The van der Waals surface area contributed by atoms with Gasteiger partial charge in [0.25, 0.3) is 0 Å². The van der Waals surface area contributed by atoms with E-state index in [1.165, 1.54) is 12.1 Å². The van der Waals surface area contributed by atoms with Gasteiger partial charge < -0.3 is 4.98 Å². The number of aromatic nitrogens is 2. The van der Waals surface area contributed by atoms with Gasteiger partial charge in [-0.2, -0.15) is 0 Å². The normalized spacial score (nSPS) is 10.4. The standard InChI is InChI=1S/C11H8BrFN2O/c1-6-2-3-7(13)4-8(6)10-11(12)15-9(5-16)14-10/h2-5H,1H3,(H,14,15). The average molecular weight is 283 g/mol. The van der Waals surface area contributed by atoms with Gasteiger partial charge in [-0.1, -0.05) is 6.07 Å². The van der Waals surface area contributed by atoms with Crippen LogP contribution in [0.3, 0.4) is 0 Å². The van der Waals surface area contributed by atoms with E-state index in [2.05, 4.69) is 25.9 Å². The summed E-state index contributed by atoms with van der Waals surface area (Å²) in [4.78, 5) is 17.4. The molecule has 1 heterocycles. The molecule has 0 aliphatic carbocycles. The van der Waals surface area contributed by atoms with Crippen molar-refractivity contribution in [3.05, 3.63) is 40.0 Å². The first-order valence-corrected chi connectivity index (χ1v) is 5.38. The van der Waals surface area contributed by atoms with Crippen molar-refractivity contribution in [2.75, 3.05) is 0 Å². The quantitative estimate of drug-likeness (QED) is 0.861. The van der Waals surface area contributed by atoms with Gasteiger partial charge in [-0.25, -0.2) is 9.37 Å². The van der Waals surface area contributed by atoms with Gasteiger partial charge in [0.2, 0.25) is 0 Å². The summed E-state index contributed by atoms with van der Waals surface area (Å²) < 4.78 is 13.7. The number of aldehydes is 1. The van der Waals surface area contributed by atoms with Crippen LogP contribution in [0.15, 0.2) is 22.8 Å². The zero-order valence-corrected chi connectivity index (χ0v) is 10.0. The minimum absolute atomic E-state index is 0.213. The molecule has 0 saturated heterocycles. The maximum Gasteiger partial charge on any atom is 0.185 e. The number of nitrogens with one attached hydrogen (secondary N) is 1. The van der Waals surface area contributed by atoms with Gasteiger partial charge in [-0.3, -0.25) is 4.79 Å². The molecule has 0 fully saturated rings. The van der Waals surface area contributed by atoms with Crippen LogP contribution in [0.1, 0.15) is 16.2 Å². The largest absolute Gasteiger partial charge is 0.330 e. The number of hydrogen-bond donors (Lipinski definition) is 1. The Morgan fingerprint density at radius 1 is 1.50 bits per heavy atom. The highest BCUT2D eigenvalue weighted by atomic mass is 79.9. The van der Waals surface area contributed by atoms with Gasteiger partial charge in [-0.15, -0.1) is 0 Å². The Balaban J connectivity index is 2.61. The van der Waals surface area contributed by atoms with Crippen LogP contribution in [-0.2, 0) is 0 Å². The van der Waals surface area contributed by atoms with E-state index in [1.54, 1.807) is 6.07 Å². The highest BCUT2D eigenvalue weighted by Crippen LogP contribution is 2.28. The Kier molecular flexibility index (Phi) is 2.87. The first kappa shape index (κ1) is 11.0. The zero-order valence-electron chi connectivity index (χ0n) is 8.42. The predicted octanol–water partition coefficient (Wildman–Crippen LogP) is 3.10. The third-order valence-corrected chi connectivity index (χ3v) is 2.82. The van der Waals surface area contributed by atoms with E-state index >= 15 is 0 Å². The summed E-state index contributed by atoms with van der Waals surface area (Å²) in [5.41, 5.74) is 2.10. The van der Waals surface area contributed by atoms with Crippen molar-refractivity contribution >= 4 is 22.2 Å². The summed E-state index contributed by atoms with van der Waals surface area (Å²) >= 11 is 3.25. The number of halogens is 2. The van der Waals surface area contributed by atoms with Crippen LogP contribution in [0.4, 0.5) is 4.39 Å². The van der Waals surface area contributed by atoms with Crippen molar-refractivity contribution in [3.63, 3.8) is 0 Å². The second-order valence-corrected chi connectivity index (χ2v) is 4.15. The molecule has 0 saturated carbocycles. The highest BCUT2D eigenvalue weighted by Gasteiger charge is 2.12. The number of H-pyrrole nitrogens is 1. The van der Waals surface area contributed by atoms with E-state index in [9.17, 15) is 9.18 Å². The number of nitrogens with zero attached hydrogens (tertiary/aromatic N) is 1. The van der Waals surface area contributed by atoms with E-state index in [1.807, 2.05) is 6.92 Å². The molecule has 0 radical (unpaired) electrons. The number of carbonyl (C=O) groups is 1. The molecular formula is C11H8BrFN2O.